The predicted molar refractivity (Wildman–Crippen MR) is 119 cm³/mol. The molecule has 1 aliphatic heterocycles. The van der Waals surface area contributed by atoms with E-state index in [1.165, 1.54) is 29.5 Å². The Balaban J connectivity index is 1.81. The van der Waals surface area contributed by atoms with Gasteiger partial charge in [0.15, 0.2) is 5.17 Å². The first-order valence-corrected chi connectivity index (χ1v) is 10.8. The molecule has 1 atom stereocenters. The minimum atomic E-state index is -0.288. The molecule has 1 amide bonds. The van der Waals surface area contributed by atoms with Gasteiger partial charge in [-0.15, -0.1) is 5.10 Å². The molecule has 152 valence electrons. The molecule has 0 bridgehead atoms. The summed E-state index contributed by atoms with van der Waals surface area (Å²) in [5, 5.41) is 9.09. The van der Waals surface area contributed by atoms with Crippen molar-refractivity contribution >= 4 is 29.1 Å². The van der Waals surface area contributed by atoms with Gasteiger partial charge in [0.05, 0.1) is 18.0 Å². The van der Waals surface area contributed by atoms with Crippen molar-refractivity contribution in [2.24, 2.45) is 10.2 Å². The summed E-state index contributed by atoms with van der Waals surface area (Å²) in [5.74, 6) is -0.239. The molecule has 1 fully saturated rings. The maximum absolute atomic E-state index is 13.2. The molecule has 2 aromatic rings. The lowest BCUT2D eigenvalue weighted by Crippen LogP contribution is -2.31. The molecule has 0 aliphatic carbocycles. The molecule has 0 saturated carbocycles. The number of amidine groups is 1. The highest BCUT2D eigenvalue weighted by Crippen LogP contribution is 2.32. The number of thioether (sulfide) groups is 1. The molecule has 1 saturated heterocycles. The van der Waals surface area contributed by atoms with E-state index in [1.807, 2.05) is 19.1 Å². The van der Waals surface area contributed by atoms with Gasteiger partial charge in [0.1, 0.15) is 5.82 Å². The van der Waals surface area contributed by atoms with E-state index < -0.39 is 0 Å². The van der Waals surface area contributed by atoms with E-state index in [1.54, 1.807) is 23.2 Å². The number of carbonyl (C=O) groups excluding carboxylic acids is 1. The van der Waals surface area contributed by atoms with Crippen molar-refractivity contribution in [2.75, 3.05) is 0 Å². The van der Waals surface area contributed by atoms with Crippen LogP contribution in [0.15, 0.2) is 52.7 Å². The highest BCUT2D eigenvalue weighted by atomic mass is 32.2. The van der Waals surface area contributed by atoms with Crippen LogP contribution in [0.25, 0.3) is 0 Å². The number of amides is 1. The van der Waals surface area contributed by atoms with Gasteiger partial charge in [-0.05, 0) is 49.1 Å². The number of unbranched alkanes of at least 4 members (excludes halogenated alkanes) is 1. The van der Waals surface area contributed by atoms with Crippen molar-refractivity contribution in [1.82, 2.24) is 4.90 Å². The Kier molecular flexibility index (Phi) is 7.20. The number of hydrogen-bond donors (Lipinski definition) is 0. The van der Waals surface area contributed by atoms with Gasteiger partial charge in [-0.3, -0.25) is 9.69 Å². The molecule has 6 heteroatoms. The number of nitrogens with zero attached hydrogens (tertiary/aromatic N) is 3. The highest BCUT2D eigenvalue weighted by molar-refractivity contribution is 8.15. The smallest absolute Gasteiger partial charge is 0.242 e. The second kappa shape index (κ2) is 9.83. The minimum Gasteiger partial charge on any atom is -0.284 e. The molecule has 1 aliphatic rings. The molecular weight excluding hydrogens is 385 g/mol. The molecule has 0 radical (unpaired) electrons. The zero-order valence-corrected chi connectivity index (χ0v) is 17.9. The monoisotopic (exact) mass is 411 g/mol. The highest BCUT2D eigenvalue weighted by Gasteiger charge is 2.37. The van der Waals surface area contributed by atoms with Crippen LogP contribution in [0.2, 0.25) is 0 Å². The van der Waals surface area contributed by atoms with Gasteiger partial charge in [-0.1, -0.05) is 67.4 Å². The van der Waals surface area contributed by atoms with Crippen molar-refractivity contribution in [2.45, 2.75) is 51.8 Å². The van der Waals surface area contributed by atoms with Crippen molar-refractivity contribution < 1.29 is 9.18 Å². The number of halogens is 1. The Bertz CT molecular complexity index is 924. The Hall–Kier alpha value is -2.47. The average Bonchev–Trinajstić information content (AvgIpc) is 2.98. The van der Waals surface area contributed by atoms with Crippen LogP contribution in [0, 0.1) is 19.7 Å². The van der Waals surface area contributed by atoms with E-state index in [-0.39, 0.29) is 17.0 Å². The topological polar surface area (TPSA) is 45.0 Å². The van der Waals surface area contributed by atoms with Crippen LogP contribution in [0.1, 0.15) is 48.4 Å². The fourth-order valence-corrected chi connectivity index (χ4v) is 4.33. The molecule has 1 heterocycles. The van der Waals surface area contributed by atoms with Crippen LogP contribution in [0.3, 0.4) is 0 Å². The standard InChI is InChI=1S/C23H26FN3OS/c1-4-5-6-21-22(28)27(15-18-8-11-20(24)12-9-18)23(29-21)26-25-14-19-10-7-16(2)13-17(19)3/h7-14,21H,4-6,15H2,1-3H3/b25-14-,26-23-/t21-/m0/s1. The first kappa shape index (κ1) is 21.2. The largest absolute Gasteiger partial charge is 0.284 e. The Morgan fingerprint density at radius 3 is 2.62 bits per heavy atom. The van der Waals surface area contributed by atoms with Gasteiger partial charge in [-0.25, -0.2) is 4.39 Å². The van der Waals surface area contributed by atoms with Gasteiger partial charge < -0.3 is 0 Å². The predicted octanol–water partition coefficient (Wildman–Crippen LogP) is 5.47. The van der Waals surface area contributed by atoms with Gasteiger partial charge in [0, 0.05) is 0 Å². The fourth-order valence-electron chi connectivity index (χ4n) is 3.19. The zero-order valence-electron chi connectivity index (χ0n) is 17.1. The van der Waals surface area contributed by atoms with Crippen LogP contribution in [0.5, 0.6) is 0 Å². The van der Waals surface area contributed by atoms with Crippen LogP contribution in [-0.4, -0.2) is 27.4 Å². The number of rotatable bonds is 7. The Morgan fingerprint density at radius 1 is 1.17 bits per heavy atom. The summed E-state index contributed by atoms with van der Waals surface area (Å²) in [5.41, 5.74) is 4.20. The van der Waals surface area contributed by atoms with Crippen LogP contribution >= 0.6 is 11.8 Å². The average molecular weight is 412 g/mol. The molecule has 0 N–H and O–H groups in total. The summed E-state index contributed by atoms with van der Waals surface area (Å²) >= 11 is 1.47. The van der Waals surface area contributed by atoms with E-state index >= 15 is 0 Å². The normalized spacial score (nSPS) is 18.3. The maximum atomic E-state index is 13.2. The minimum absolute atomic E-state index is 0.0493. The zero-order chi connectivity index (χ0) is 20.8. The summed E-state index contributed by atoms with van der Waals surface area (Å²) in [6.07, 6.45) is 4.58. The van der Waals surface area contributed by atoms with Crippen molar-refractivity contribution in [1.29, 1.82) is 0 Å². The van der Waals surface area contributed by atoms with E-state index in [9.17, 15) is 9.18 Å². The molecule has 29 heavy (non-hydrogen) atoms. The van der Waals surface area contributed by atoms with Gasteiger partial charge in [0.2, 0.25) is 5.91 Å². The molecular formula is C23H26FN3OS. The summed E-state index contributed by atoms with van der Waals surface area (Å²) in [7, 11) is 0. The van der Waals surface area contributed by atoms with E-state index in [0.29, 0.717) is 11.7 Å². The molecule has 2 aromatic carbocycles. The van der Waals surface area contributed by atoms with Crippen LogP contribution in [0.4, 0.5) is 4.39 Å². The number of carbonyl (C=O) groups is 1. The third kappa shape index (κ3) is 5.54. The maximum Gasteiger partial charge on any atom is 0.242 e. The van der Waals surface area contributed by atoms with Crippen LogP contribution in [-0.2, 0) is 11.3 Å². The lowest BCUT2D eigenvalue weighted by atomic mass is 10.1. The Labute approximate surface area is 175 Å². The number of hydrogen-bond acceptors (Lipinski definition) is 4. The molecule has 0 aromatic heterocycles. The van der Waals surface area contributed by atoms with E-state index in [0.717, 1.165) is 36.0 Å². The summed E-state index contributed by atoms with van der Waals surface area (Å²) in [6, 6.07) is 12.4. The number of benzene rings is 2. The second-order valence-corrected chi connectivity index (χ2v) is 8.46. The van der Waals surface area contributed by atoms with Crippen molar-refractivity contribution in [3.8, 4) is 0 Å². The first-order valence-electron chi connectivity index (χ1n) is 9.88. The fraction of sp³-hybridized carbons (Fsp3) is 0.348. The second-order valence-electron chi connectivity index (χ2n) is 7.29. The van der Waals surface area contributed by atoms with Gasteiger partial charge in [-0.2, -0.15) is 5.10 Å². The molecule has 0 spiro atoms. The van der Waals surface area contributed by atoms with E-state index in [2.05, 4.69) is 30.1 Å². The molecule has 4 nitrogen and oxygen atoms in total. The summed E-state index contributed by atoms with van der Waals surface area (Å²) < 4.78 is 13.2. The summed E-state index contributed by atoms with van der Waals surface area (Å²) in [4.78, 5) is 14.6. The lowest BCUT2D eigenvalue weighted by Gasteiger charge is -2.16. The third-order valence-corrected chi connectivity index (χ3v) is 6.09. The first-order chi connectivity index (χ1) is 14.0. The van der Waals surface area contributed by atoms with Gasteiger partial charge >= 0.3 is 0 Å². The number of aryl methyl sites for hydroxylation is 2. The van der Waals surface area contributed by atoms with Crippen molar-refractivity contribution in [3.63, 3.8) is 0 Å². The van der Waals surface area contributed by atoms with E-state index in [4.69, 9.17) is 0 Å². The SMILES string of the molecule is CCCC[C@@H]1S/C(=N\N=C/c2ccc(C)cc2C)N(Cc2ccc(F)cc2)C1=O. The summed E-state index contributed by atoms with van der Waals surface area (Å²) in [6.45, 7) is 6.58. The lowest BCUT2D eigenvalue weighted by molar-refractivity contribution is -0.126. The quantitative estimate of drug-likeness (QED) is 0.448. The third-order valence-electron chi connectivity index (χ3n) is 4.86. The van der Waals surface area contributed by atoms with Gasteiger partial charge in [0.25, 0.3) is 0 Å². The molecule has 3 rings (SSSR count). The van der Waals surface area contributed by atoms with Crippen molar-refractivity contribution in [3.05, 3.63) is 70.5 Å². The molecule has 0 unspecified atom stereocenters. The Morgan fingerprint density at radius 2 is 1.93 bits per heavy atom. The van der Waals surface area contributed by atoms with Crippen LogP contribution < -0.4 is 0 Å².